The molecular weight excluding hydrogens is 272 g/mol. The molecule has 3 heteroatoms. The van der Waals surface area contributed by atoms with E-state index in [1.54, 1.807) is 0 Å². The number of ether oxygens (including phenoxy) is 1. The molecule has 0 spiro atoms. The van der Waals surface area contributed by atoms with Crippen molar-refractivity contribution < 1.29 is 4.74 Å². The number of hydrogen-bond donors (Lipinski definition) is 0. The molecule has 0 aromatic carbocycles. The van der Waals surface area contributed by atoms with Crippen LogP contribution in [0.2, 0.25) is 0 Å². The van der Waals surface area contributed by atoms with Gasteiger partial charge in [0.2, 0.25) is 0 Å². The third-order valence-electron chi connectivity index (χ3n) is 1.50. The van der Waals surface area contributed by atoms with Crippen molar-refractivity contribution in [2.45, 2.75) is 38.9 Å². The van der Waals surface area contributed by atoms with E-state index in [1.807, 2.05) is 0 Å². The van der Waals surface area contributed by atoms with Gasteiger partial charge in [0.25, 0.3) is 0 Å². The maximum absolute atomic E-state index is 5.67. The molecule has 0 N–H and O–H groups in total. The molecule has 0 aromatic heterocycles. The standard InChI is InChI=1S/C8H16Br2O/c1-7(3-5-9)11-8(2)4-6-10/h7-8H,3-6H2,1-2H3. The van der Waals surface area contributed by atoms with Gasteiger partial charge in [0, 0.05) is 10.7 Å². The maximum Gasteiger partial charge on any atom is 0.0558 e. The summed E-state index contributed by atoms with van der Waals surface area (Å²) in [5, 5.41) is 2.05. The van der Waals surface area contributed by atoms with Gasteiger partial charge in [-0.05, 0) is 26.7 Å². The van der Waals surface area contributed by atoms with Crippen LogP contribution in [0.25, 0.3) is 0 Å². The molecule has 0 aliphatic rings. The van der Waals surface area contributed by atoms with Gasteiger partial charge in [0.05, 0.1) is 12.2 Å². The van der Waals surface area contributed by atoms with Gasteiger partial charge in [-0.2, -0.15) is 0 Å². The molecule has 0 saturated heterocycles. The van der Waals surface area contributed by atoms with Crippen LogP contribution < -0.4 is 0 Å². The molecule has 0 amide bonds. The summed E-state index contributed by atoms with van der Waals surface area (Å²) in [7, 11) is 0. The van der Waals surface area contributed by atoms with Crippen molar-refractivity contribution in [1.82, 2.24) is 0 Å². The predicted molar refractivity (Wildman–Crippen MR) is 56.8 cm³/mol. The van der Waals surface area contributed by atoms with Gasteiger partial charge in [-0.25, -0.2) is 0 Å². The molecule has 1 nitrogen and oxygen atoms in total. The molecule has 0 aliphatic carbocycles. The number of hydrogen-bond acceptors (Lipinski definition) is 1. The molecule has 0 saturated carbocycles. The van der Waals surface area contributed by atoms with Crippen molar-refractivity contribution in [3.63, 3.8) is 0 Å². The van der Waals surface area contributed by atoms with Crippen LogP contribution in [0, 0.1) is 0 Å². The largest absolute Gasteiger partial charge is 0.376 e. The quantitative estimate of drug-likeness (QED) is 0.681. The van der Waals surface area contributed by atoms with Crippen molar-refractivity contribution in [3.8, 4) is 0 Å². The first-order valence-electron chi connectivity index (χ1n) is 3.98. The SMILES string of the molecule is CC(CCBr)OC(C)CCBr. The minimum Gasteiger partial charge on any atom is -0.376 e. The van der Waals surface area contributed by atoms with Crippen LogP contribution in [0.1, 0.15) is 26.7 Å². The summed E-state index contributed by atoms with van der Waals surface area (Å²) in [5.41, 5.74) is 0. The summed E-state index contributed by atoms with van der Waals surface area (Å²) in [6.07, 6.45) is 2.94. The minimum absolute atomic E-state index is 0.378. The first kappa shape index (κ1) is 11.9. The average molecular weight is 288 g/mol. The van der Waals surface area contributed by atoms with Crippen LogP contribution in [0.4, 0.5) is 0 Å². The van der Waals surface area contributed by atoms with E-state index in [1.165, 1.54) is 0 Å². The normalized spacial score (nSPS) is 16.4. The lowest BCUT2D eigenvalue weighted by atomic mass is 10.3. The Labute approximate surface area is 86.1 Å². The van der Waals surface area contributed by atoms with E-state index >= 15 is 0 Å². The minimum atomic E-state index is 0.378. The second-order valence-corrected chi connectivity index (χ2v) is 4.30. The highest BCUT2D eigenvalue weighted by molar-refractivity contribution is 9.09. The molecule has 2 atom stereocenters. The highest BCUT2D eigenvalue weighted by atomic mass is 79.9. The van der Waals surface area contributed by atoms with Gasteiger partial charge < -0.3 is 4.74 Å². The Morgan fingerprint density at radius 3 is 1.64 bits per heavy atom. The summed E-state index contributed by atoms with van der Waals surface area (Å²) in [5.74, 6) is 0. The smallest absolute Gasteiger partial charge is 0.0558 e. The molecule has 2 unspecified atom stereocenters. The topological polar surface area (TPSA) is 9.23 Å². The summed E-state index contributed by atoms with van der Waals surface area (Å²) in [6.45, 7) is 4.23. The third kappa shape index (κ3) is 7.29. The van der Waals surface area contributed by atoms with E-state index in [0.717, 1.165) is 23.5 Å². The predicted octanol–water partition coefficient (Wildman–Crippen LogP) is 3.35. The molecule has 0 heterocycles. The highest BCUT2D eigenvalue weighted by Crippen LogP contribution is 2.07. The lowest BCUT2D eigenvalue weighted by Crippen LogP contribution is -2.17. The number of halogens is 2. The molecule has 11 heavy (non-hydrogen) atoms. The lowest BCUT2D eigenvalue weighted by Gasteiger charge is -2.17. The van der Waals surface area contributed by atoms with Crippen molar-refractivity contribution >= 4 is 31.9 Å². The highest BCUT2D eigenvalue weighted by Gasteiger charge is 2.06. The summed E-state index contributed by atoms with van der Waals surface area (Å²) in [4.78, 5) is 0. The fourth-order valence-corrected chi connectivity index (χ4v) is 2.13. The molecule has 0 bridgehead atoms. The van der Waals surface area contributed by atoms with Crippen molar-refractivity contribution in [2.24, 2.45) is 0 Å². The molecule has 0 aromatic rings. The van der Waals surface area contributed by atoms with E-state index in [0.29, 0.717) is 12.2 Å². The van der Waals surface area contributed by atoms with Crippen LogP contribution in [0.5, 0.6) is 0 Å². The Kier molecular flexibility index (Phi) is 8.20. The zero-order chi connectivity index (χ0) is 8.69. The van der Waals surface area contributed by atoms with E-state index in [-0.39, 0.29) is 0 Å². The molecule has 68 valence electrons. The lowest BCUT2D eigenvalue weighted by molar-refractivity contribution is 0.00664. The van der Waals surface area contributed by atoms with Crippen LogP contribution >= 0.6 is 31.9 Å². The molecule has 0 radical (unpaired) electrons. The van der Waals surface area contributed by atoms with E-state index < -0.39 is 0 Å². The first-order chi connectivity index (χ1) is 5.20. The third-order valence-corrected chi connectivity index (χ3v) is 2.41. The van der Waals surface area contributed by atoms with Gasteiger partial charge in [-0.3, -0.25) is 0 Å². The van der Waals surface area contributed by atoms with Gasteiger partial charge >= 0.3 is 0 Å². The summed E-state index contributed by atoms with van der Waals surface area (Å²) >= 11 is 6.78. The molecule has 0 rings (SSSR count). The first-order valence-corrected chi connectivity index (χ1v) is 6.22. The fourth-order valence-electron chi connectivity index (χ4n) is 0.840. The van der Waals surface area contributed by atoms with Crippen molar-refractivity contribution in [3.05, 3.63) is 0 Å². The fraction of sp³-hybridized carbons (Fsp3) is 1.00. The Hall–Kier alpha value is 0.920. The van der Waals surface area contributed by atoms with Gasteiger partial charge in [0.15, 0.2) is 0 Å². The Morgan fingerprint density at radius 2 is 1.36 bits per heavy atom. The second kappa shape index (κ2) is 7.56. The van der Waals surface area contributed by atoms with Crippen molar-refractivity contribution in [2.75, 3.05) is 10.7 Å². The second-order valence-electron chi connectivity index (χ2n) is 2.71. The zero-order valence-electron chi connectivity index (χ0n) is 7.15. The molecule has 0 fully saturated rings. The molecule has 0 aliphatic heterocycles. The van der Waals surface area contributed by atoms with Gasteiger partial charge in [0.1, 0.15) is 0 Å². The van der Waals surface area contributed by atoms with Gasteiger partial charge in [-0.15, -0.1) is 0 Å². The van der Waals surface area contributed by atoms with E-state index in [9.17, 15) is 0 Å². The van der Waals surface area contributed by atoms with E-state index in [4.69, 9.17) is 4.74 Å². The summed E-state index contributed by atoms with van der Waals surface area (Å²) < 4.78 is 5.67. The Bertz CT molecular complexity index is 78.2. The van der Waals surface area contributed by atoms with Crippen LogP contribution in [0.15, 0.2) is 0 Å². The van der Waals surface area contributed by atoms with E-state index in [2.05, 4.69) is 45.7 Å². The molecular formula is C8H16Br2O. The van der Waals surface area contributed by atoms with Crippen LogP contribution in [0.3, 0.4) is 0 Å². The monoisotopic (exact) mass is 286 g/mol. The summed E-state index contributed by atoms with van der Waals surface area (Å²) in [6, 6.07) is 0. The zero-order valence-corrected chi connectivity index (χ0v) is 10.3. The Morgan fingerprint density at radius 1 is 1.00 bits per heavy atom. The number of rotatable bonds is 6. The Balaban J connectivity index is 3.32. The van der Waals surface area contributed by atoms with Crippen molar-refractivity contribution in [1.29, 1.82) is 0 Å². The van der Waals surface area contributed by atoms with Gasteiger partial charge in [-0.1, -0.05) is 31.9 Å². The average Bonchev–Trinajstić information content (AvgIpc) is 1.87. The van der Waals surface area contributed by atoms with Crippen LogP contribution in [-0.2, 0) is 4.74 Å². The van der Waals surface area contributed by atoms with Crippen LogP contribution in [-0.4, -0.2) is 22.9 Å². The maximum atomic E-state index is 5.67. The number of alkyl halides is 2.